The first-order chi connectivity index (χ1) is 19.9. The Balaban J connectivity index is 1.29. The zero-order chi connectivity index (χ0) is 30.1. The van der Waals surface area contributed by atoms with Gasteiger partial charge in [0.2, 0.25) is 11.8 Å². The van der Waals surface area contributed by atoms with Crippen molar-refractivity contribution in [2.75, 3.05) is 5.32 Å². The van der Waals surface area contributed by atoms with Gasteiger partial charge in [-0.2, -0.15) is 5.10 Å². The molecule has 2 aliphatic rings. The van der Waals surface area contributed by atoms with Crippen molar-refractivity contribution in [3.8, 4) is 11.3 Å². The summed E-state index contributed by atoms with van der Waals surface area (Å²) in [5, 5.41) is 19.7. The number of piperidine rings is 1. The van der Waals surface area contributed by atoms with Gasteiger partial charge < -0.3 is 15.4 Å². The molecule has 1 aliphatic heterocycles. The van der Waals surface area contributed by atoms with Crippen LogP contribution in [-0.2, 0) is 16.1 Å². The zero-order valence-electron chi connectivity index (χ0n) is 23.2. The van der Waals surface area contributed by atoms with Crippen LogP contribution in [0.4, 0.5) is 10.2 Å². The molecule has 4 aromatic rings. The number of rotatable bonds is 6. The first-order valence-electron chi connectivity index (χ1n) is 13.2. The maximum atomic E-state index is 13.9. The molecule has 1 saturated heterocycles. The molecule has 3 atom stereocenters. The minimum Gasteiger partial charge on any atom is -0.711 e. The van der Waals surface area contributed by atoms with Crippen LogP contribution in [0.5, 0.6) is 0 Å². The lowest BCUT2D eigenvalue weighted by molar-refractivity contribution is -0.615. The van der Waals surface area contributed by atoms with Crippen LogP contribution in [-0.4, -0.2) is 59.3 Å². The SMILES string of the molecule is CC(=O)c1nn(CC(=O)N2[C@H](C(=O)Nc3nc(Br)c(F)cc3C)C[C@@]3(C)C[C@@H]23)c2cnc(-c3cnc(C)[n+]([O-])c3)cc12. The highest BCUT2D eigenvalue weighted by molar-refractivity contribution is 9.10. The lowest BCUT2D eigenvalue weighted by Crippen LogP contribution is -2.47. The monoisotopic (exact) mass is 636 g/mol. The lowest BCUT2D eigenvalue weighted by atomic mass is 10.0. The average Bonchev–Trinajstić information content (AvgIpc) is 3.30. The van der Waals surface area contributed by atoms with Gasteiger partial charge in [-0.05, 0) is 58.8 Å². The molecule has 1 aliphatic carbocycles. The summed E-state index contributed by atoms with van der Waals surface area (Å²) in [7, 11) is 0. The number of pyridine rings is 2. The van der Waals surface area contributed by atoms with E-state index in [1.807, 2.05) is 6.92 Å². The number of nitrogens with zero attached hydrogens (tertiary/aromatic N) is 7. The number of aryl methyl sites for hydroxylation is 2. The lowest BCUT2D eigenvalue weighted by Gasteiger charge is -2.27. The number of carbonyl (C=O) groups is 3. The van der Waals surface area contributed by atoms with E-state index in [0.29, 0.717) is 38.9 Å². The third-order valence-electron chi connectivity index (χ3n) is 8.11. The van der Waals surface area contributed by atoms with Gasteiger partial charge in [-0.1, -0.05) is 11.9 Å². The van der Waals surface area contributed by atoms with Crippen molar-refractivity contribution in [3.63, 3.8) is 0 Å². The first kappa shape index (κ1) is 27.8. The molecule has 4 aromatic heterocycles. The van der Waals surface area contributed by atoms with E-state index in [1.165, 1.54) is 36.3 Å². The summed E-state index contributed by atoms with van der Waals surface area (Å²) in [6, 6.07) is 2.05. The van der Waals surface area contributed by atoms with E-state index in [0.717, 1.165) is 6.42 Å². The molecule has 0 radical (unpaired) electrons. The van der Waals surface area contributed by atoms with Crippen LogP contribution in [0, 0.1) is 30.3 Å². The van der Waals surface area contributed by atoms with Crippen LogP contribution < -0.4 is 10.0 Å². The normalized spacial score (nSPS) is 21.0. The van der Waals surface area contributed by atoms with E-state index in [2.05, 4.69) is 41.3 Å². The smallest absolute Gasteiger partial charge is 0.298 e. The van der Waals surface area contributed by atoms with E-state index in [4.69, 9.17) is 0 Å². The molecule has 0 spiro atoms. The van der Waals surface area contributed by atoms with E-state index >= 15 is 0 Å². The van der Waals surface area contributed by atoms with Crippen molar-refractivity contribution >= 4 is 50.2 Å². The molecule has 2 fully saturated rings. The van der Waals surface area contributed by atoms with Crippen LogP contribution in [0.15, 0.2) is 35.3 Å². The Morgan fingerprint density at radius 2 is 1.98 bits per heavy atom. The molecule has 42 heavy (non-hydrogen) atoms. The molecule has 0 bridgehead atoms. The predicted octanol–water partition coefficient (Wildman–Crippen LogP) is 3.26. The summed E-state index contributed by atoms with van der Waals surface area (Å²) in [6.07, 6.45) is 5.62. The minimum atomic E-state index is -0.752. The summed E-state index contributed by atoms with van der Waals surface area (Å²) in [6.45, 7) is 6.43. The van der Waals surface area contributed by atoms with Crippen molar-refractivity contribution in [1.82, 2.24) is 29.6 Å². The van der Waals surface area contributed by atoms with Crippen molar-refractivity contribution in [2.24, 2.45) is 5.41 Å². The quantitative estimate of drug-likeness (QED) is 0.147. The Morgan fingerprint density at radius 3 is 2.69 bits per heavy atom. The molecule has 0 aromatic carbocycles. The number of anilines is 1. The number of amides is 2. The van der Waals surface area contributed by atoms with Gasteiger partial charge in [-0.3, -0.25) is 24.0 Å². The number of fused-ring (bicyclic) bond motifs is 2. The highest BCUT2D eigenvalue weighted by Crippen LogP contribution is 2.59. The summed E-state index contributed by atoms with van der Waals surface area (Å²) in [4.78, 5) is 53.9. The second-order valence-electron chi connectivity index (χ2n) is 11.2. The average molecular weight is 637 g/mol. The number of carbonyl (C=O) groups excluding carboxylic acids is 3. The molecule has 1 saturated carbocycles. The van der Waals surface area contributed by atoms with Gasteiger partial charge >= 0.3 is 0 Å². The molecule has 2 amide bonds. The van der Waals surface area contributed by atoms with E-state index < -0.39 is 17.8 Å². The van der Waals surface area contributed by atoms with E-state index in [9.17, 15) is 24.0 Å². The van der Waals surface area contributed by atoms with Gasteiger partial charge in [-0.15, -0.1) is 0 Å². The van der Waals surface area contributed by atoms with Crippen molar-refractivity contribution in [1.29, 1.82) is 0 Å². The topological polar surface area (TPSA) is 150 Å². The number of likely N-dealkylation sites (tertiary alicyclic amines) is 1. The number of aromatic nitrogens is 6. The maximum absolute atomic E-state index is 13.9. The Morgan fingerprint density at radius 1 is 1.21 bits per heavy atom. The van der Waals surface area contributed by atoms with Gasteiger partial charge in [0, 0.05) is 25.3 Å². The molecule has 6 rings (SSSR count). The number of ketones is 1. The Labute approximate surface area is 247 Å². The van der Waals surface area contributed by atoms with Gasteiger partial charge in [0.1, 0.15) is 34.9 Å². The van der Waals surface area contributed by atoms with Crippen molar-refractivity contribution < 1.29 is 23.5 Å². The van der Waals surface area contributed by atoms with Crippen LogP contribution in [0.2, 0.25) is 0 Å². The number of halogens is 2. The predicted molar refractivity (Wildman–Crippen MR) is 151 cm³/mol. The van der Waals surface area contributed by atoms with Crippen LogP contribution in [0.25, 0.3) is 22.2 Å². The van der Waals surface area contributed by atoms with Crippen LogP contribution >= 0.6 is 15.9 Å². The Hall–Kier alpha value is -4.33. The van der Waals surface area contributed by atoms with Crippen LogP contribution in [0.1, 0.15) is 48.6 Å². The Bertz CT molecular complexity index is 1830. The number of hydrogen-bond acceptors (Lipinski definition) is 8. The highest BCUT2D eigenvalue weighted by Gasteiger charge is 2.64. The highest BCUT2D eigenvalue weighted by atomic mass is 79.9. The second-order valence-corrected chi connectivity index (χ2v) is 11.9. The standard InChI is InChI=1S/C28H26BrFN8O4/c1-13-5-18(30)25(29)33-26(13)34-27(41)20-7-28(4)8-22(28)38(20)23(40)12-36-21-10-32-19(6-17(21)24(35-36)14(2)39)16-9-31-15(3)37(42)11-16/h5-6,9-11,20,22H,7-8,12H2,1-4H3,(H,33,34,41)/t20-,22+,28-/m0/s1. The molecular weight excluding hydrogens is 611 g/mol. The molecule has 12 nitrogen and oxygen atoms in total. The third-order valence-corrected chi connectivity index (χ3v) is 8.66. The van der Waals surface area contributed by atoms with Gasteiger partial charge in [0.25, 0.3) is 5.82 Å². The van der Waals surface area contributed by atoms with E-state index in [1.54, 1.807) is 24.8 Å². The van der Waals surface area contributed by atoms with Crippen molar-refractivity contribution in [2.45, 2.75) is 59.2 Å². The zero-order valence-corrected chi connectivity index (χ0v) is 24.8. The Kier molecular flexibility index (Phi) is 6.55. The summed E-state index contributed by atoms with van der Waals surface area (Å²) in [5.74, 6) is -1.08. The summed E-state index contributed by atoms with van der Waals surface area (Å²) in [5.41, 5.74) is 1.78. The van der Waals surface area contributed by atoms with Crippen LogP contribution in [0.3, 0.4) is 0 Å². The number of hydrogen-bond donors (Lipinski definition) is 1. The third kappa shape index (κ3) is 4.68. The molecular formula is C28H26BrFN8O4. The minimum absolute atomic E-state index is 0.0213. The largest absolute Gasteiger partial charge is 0.711 e. The fourth-order valence-electron chi connectivity index (χ4n) is 5.67. The molecule has 0 unspecified atom stereocenters. The van der Waals surface area contributed by atoms with Crippen molar-refractivity contribution in [3.05, 3.63) is 63.4 Å². The molecule has 5 heterocycles. The second kappa shape index (κ2) is 9.89. The molecule has 14 heteroatoms. The fraction of sp³-hybridized carbons (Fsp3) is 0.357. The van der Waals surface area contributed by atoms with Gasteiger partial charge in [0.15, 0.2) is 17.8 Å². The van der Waals surface area contributed by atoms with Gasteiger partial charge in [-0.25, -0.2) is 14.1 Å². The summed E-state index contributed by atoms with van der Waals surface area (Å²) >= 11 is 3.05. The summed E-state index contributed by atoms with van der Waals surface area (Å²) < 4.78 is 15.9. The molecule has 1 N–H and O–H groups in total. The van der Waals surface area contributed by atoms with Gasteiger partial charge in [0.05, 0.1) is 23.0 Å². The fourth-order valence-corrected chi connectivity index (χ4v) is 5.96. The number of nitrogens with one attached hydrogen (secondary N) is 1. The molecule has 216 valence electrons. The maximum Gasteiger partial charge on any atom is 0.298 e. The first-order valence-corrected chi connectivity index (χ1v) is 14.0. The van der Waals surface area contributed by atoms with E-state index in [-0.39, 0.29) is 51.6 Å². The number of Topliss-reactive ketones (excluding diaryl/α,β-unsaturated/α-hetero) is 1.